The van der Waals surface area contributed by atoms with Gasteiger partial charge in [0.25, 0.3) is 0 Å². The van der Waals surface area contributed by atoms with E-state index in [1.54, 1.807) is 0 Å². The molecular formula is C10H21NO5. The first-order valence-corrected chi connectivity index (χ1v) is 5.32. The van der Waals surface area contributed by atoms with Gasteiger partial charge in [0.05, 0.1) is 18.2 Å². The maximum absolute atomic E-state index is 9.67. The third-order valence-corrected chi connectivity index (χ3v) is 2.40. The Balaban J connectivity index is 2.71. The second kappa shape index (κ2) is 4.95. The Labute approximate surface area is 95.0 Å². The van der Waals surface area contributed by atoms with Crippen molar-refractivity contribution < 1.29 is 24.8 Å². The molecule has 1 aliphatic heterocycles. The van der Waals surface area contributed by atoms with Crippen LogP contribution in [0, 0.1) is 0 Å². The van der Waals surface area contributed by atoms with Gasteiger partial charge in [0.15, 0.2) is 6.29 Å². The highest BCUT2D eigenvalue weighted by Gasteiger charge is 2.44. The van der Waals surface area contributed by atoms with Crippen LogP contribution >= 0.6 is 0 Å². The van der Waals surface area contributed by atoms with E-state index in [0.29, 0.717) is 0 Å². The van der Waals surface area contributed by atoms with Crippen LogP contribution in [0.25, 0.3) is 0 Å². The third kappa shape index (κ3) is 3.13. The van der Waals surface area contributed by atoms with Gasteiger partial charge in [0.2, 0.25) is 0 Å². The van der Waals surface area contributed by atoms with E-state index in [2.05, 4.69) is 0 Å². The van der Waals surface area contributed by atoms with Crippen LogP contribution in [0.5, 0.6) is 0 Å². The maximum Gasteiger partial charge on any atom is 0.176 e. The molecule has 0 bridgehead atoms. The van der Waals surface area contributed by atoms with Gasteiger partial charge in [0, 0.05) is 0 Å². The average molecular weight is 235 g/mol. The minimum atomic E-state index is -1.19. The Morgan fingerprint density at radius 2 is 1.81 bits per heavy atom. The number of aliphatic hydroxyl groups is 3. The van der Waals surface area contributed by atoms with Crippen molar-refractivity contribution in [1.82, 2.24) is 0 Å². The molecule has 2 unspecified atom stereocenters. The summed E-state index contributed by atoms with van der Waals surface area (Å²) in [5.41, 5.74) is 5.21. The zero-order chi connectivity index (χ0) is 12.5. The second-order valence-corrected chi connectivity index (χ2v) is 5.01. The van der Waals surface area contributed by atoms with Crippen molar-refractivity contribution in [1.29, 1.82) is 0 Å². The van der Waals surface area contributed by atoms with Gasteiger partial charge in [-0.2, -0.15) is 0 Å². The zero-order valence-corrected chi connectivity index (χ0v) is 9.83. The number of hydrogen-bond donors (Lipinski definition) is 4. The summed E-state index contributed by atoms with van der Waals surface area (Å²) in [6.07, 6.45) is -4.07. The van der Waals surface area contributed by atoms with Crippen molar-refractivity contribution in [3.63, 3.8) is 0 Å². The van der Waals surface area contributed by atoms with E-state index in [1.807, 2.05) is 20.8 Å². The van der Waals surface area contributed by atoms with Crippen LogP contribution in [0.15, 0.2) is 0 Å². The van der Waals surface area contributed by atoms with Crippen LogP contribution < -0.4 is 5.73 Å². The highest BCUT2D eigenvalue weighted by Crippen LogP contribution is 2.24. The molecule has 1 rings (SSSR count). The van der Waals surface area contributed by atoms with Gasteiger partial charge in [-0.05, 0) is 20.8 Å². The molecule has 5 N–H and O–H groups in total. The summed E-state index contributed by atoms with van der Waals surface area (Å²) in [6.45, 7) is 5.09. The van der Waals surface area contributed by atoms with E-state index in [1.165, 1.54) is 0 Å². The van der Waals surface area contributed by atoms with Crippen molar-refractivity contribution in [2.45, 2.75) is 57.0 Å². The maximum atomic E-state index is 9.67. The molecule has 6 nitrogen and oxygen atoms in total. The molecule has 1 aliphatic rings. The number of nitrogens with two attached hydrogens (primary N) is 1. The van der Waals surface area contributed by atoms with Crippen LogP contribution in [0.1, 0.15) is 20.8 Å². The minimum Gasteiger partial charge on any atom is -0.394 e. The lowest BCUT2D eigenvalue weighted by atomic mass is 9.97. The Kier molecular flexibility index (Phi) is 4.28. The van der Waals surface area contributed by atoms with Gasteiger partial charge in [0.1, 0.15) is 18.3 Å². The average Bonchev–Trinajstić information content (AvgIpc) is 2.17. The molecule has 1 fully saturated rings. The molecule has 0 aromatic carbocycles. The van der Waals surface area contributed by atoms with Crippen LogP contribution in [0.4, 0.5) is 0 Å². The van der Waals surface area contributed by atoms with E-state index >= 15 is 0 Å². The highest BCUT2D eigenvalue weighted by molar-refractivity contribution is 4.92. The van der Waals surface area contributed by atoms with Gasteiger partial charge < -0.3 is 30.5 Å². The molecule has 0 amide bonds. The van der Waals surface area contributed by atoms with Crippen molar-refractivity contribution in [2.24, 2.45) is 5.73 Å². The number of ether oxygens (including phenoxy) is 2. The van der Waals surface area contributed by atoms with Crippen molar-refractivity contribution in [3.05, 3.63) is 0 Å². The standard InChI is InChI=1S/C10H21NO5/c1-10(2,3)16-9-6(11)8(14)7(13)5(4-12)15-9/h5-9,12-14H,4,11H2,1-3H3/t5?,6-,7+,8+,9?/m0/s1. The largest absolute Gasteiger partial charge is 0.394 e. The summed E-state index contributed by atoms with van der Waals surface area (Å²) in [5.74, 6) is 0. The number of aliphatic hydroxyl groups excluding tert-OH is 3. The summed E-state index contributed by atoms with van der Waals surface area (Å²) >= 11 is 0. The van der Waals surface area contributed by atoms with Crippen LogP contribution in [0.3, 0.4) is 0 Å². The lowest BCUT2D eigenvalue weighted by Crippen LogP contribution is -2.63. The molecule has 5 atom stereocenters. The molecule has 0 aromatic rings. The van der Waals surface area contributed by atoms with Crippen molar-refractivity contribution >= 4 is 0 Å². The Bertz CT molecular complexity index is 228. The fraction of sp³-hybridized carbons (Fsp3) is 1.00. The zero-order valence-electron chi connectivity index (χ0n) is 9.83. The Morgan fingerprint density at radius 1 is 1.25 bits per heavy atom. The number of rotatable bonds is 2. The summed E-state index contributed by atoms with van der Waals surface area (Å²) < 4.78 is 10.8. The smallest absolute Gasteiger partial charge is 0.176 e. The predicted octanol–water partition coefficient (Wildman–Crippen LogP) is -1.43. The summed E-state index contributed by atoms with van der Waals surface area (Å²) in [6, 6.07) is -0.836. The Hall–Kier alpha value is -0.240. The molecule has 6 heteroatoms. The monoisotopic (exact) mass is 235 g/mol. The van der Waals surface area contributed by atoms with E-state index in [4.69, 9.17) is 20.3 Å². The minimum absolute atomic E-state index is 0.394. The third-order valence-electron chi connectivity index (χ3n) is 2.40. The quantitative estimate of drug-likeness (QED) is 0.467. The van der Waals surface area contributed by atoms with Crippen LogP contribution in [-0.4, -0.2) is 58.2 Å². The van der Waals surface area contributed by atoms with E-state index in [-0.39, 0.29) is 0 Å². The molecule has 1 saturated heterocycles. The molecule has 0 aromatic heterocycles. The van der Waals surface area contributed by atoms with Gasteiger partial charge in [-0.1, -0.05) is 0 Å². The second-order valence-electron chi connectivity index (χ2n) is 5.01. The molecule has 0 aliphatic carbocycles. The molecular weight excluding hydrogens is 214 g/mol. The van der Waals surface area contributed by atoms with Crippen LogP contribution in [-0.2, 0) is 9.47 Å². The van der Waals surface area contributed by atoms with Crippen LogP contribution in [0.2, 0.25) is 0 Å². The van der Waals surface area contributed by atoms with Crippen molar-refractivity contribution in [2.75, 3.05) is 6.61 Å². The Morgan fingerprint density at radius 3 is 2.25 bits per heavy atom. The van der Waals surface area contributed by atoms with Gasteiger partial charge in [-0.3, -0.25) is 0 Å². The molecule has 16 heavy (non-hydrogen) atoms. The highest BCUT2D eigenvalue weighted by atomic mass is 16.7. The predicted molar refractivity (Wildman–Crippen MR) is 56.6 cm³/mol. The number of hydrogen-bond acceptors (Lipinski definition) is 6. The molecule has 96 valence electrons. The van der Waals surface area contributed by atoms with Gasteiger partial charge in [-0.25, -0.2) is 0 Å². The summed E-state index contributed by atoms with van der Waals surface area (Å²) in [5, 5.41) is 28.2. The first-order chi connectivity index (χ1) is 7.26. The summed E-state index contributed by atoms with van der Waals surface area (Å²) in [4.78, 5) is 0. The normalized spacial score (nSPS) is 41.1. The van der Waals surface area contributed by atoms with E-state index in [0.717, 1.165) is 0 Å². The fourth-order valence-corrected chi connectivity index (χ4v) is 1.56. The summed E-state index contributed by atoms with van der Waals surface area (Å²) in [7, 11) is 0. The van der Waals surface area contributed by atoms with E-state index in [9.17, 15) is 10.2 Å². The molecule has 1 heterocycles. The van der Waals surface area contributed by atoms with E-state index < -0.39 is 42.9 Å². The first kappa shape index (κ1) is 13.8. The van der Waals surface area contributed by atoms with Gasteiger partial charge >= 0.3 is 0 Å². The fourth-order valence-electron chi connectivity index (χ4n) is 1.56. The lowest BCUT2D eigenvalue weighted by molar-refractivity contribution is -0.289. The molecule has 0 saturated carbocycles. The van der Waals surface area contributed by atoms with Gasteiger partial charge in [-0.15, -0.1) is 0 Å². The topological polar surface area (TPSA) is 105 Å². The first-order valence-electron chi connectivity index (χ1n) is 5.32. The van der Waals surface area contributed by atoms with Crippen molar-refractivity contribution in [3.8, 4) is 0 Å². The SMILES string of the molecule is CC(C)(C)OC1OC(CO)[C@@H](O)[C@H](O)[C@@H]1N. The lowest BCUT2D eigenvalue weighted by Gasteiger charge is -2.42. The molecule has 0 radical (unpaired) electrons. The molecule has 0 spiro atoms.